The van der Waals surface area contributed by atoms with Gasteiger partial charge in [-0.25, -0.2) is 0 Å². The van der Waals surface area contributed by atoms with Crippen LogP contribution in [0.15, 0.2) is 53.6 Å². The third-order valence-electron chi connectivity index (χ3n) is 4.97. The summed E-state index contributed by atoms with van der Waals surface area (Å²) in [6.07, 6.45) is 4.99. The Bertz CT molecular complexity index is 1130. The molecule has 0 bridgehead atoms. The lowest BCUT2D eigenvalue weighted by Crippen LogP contribution is -2.22. The van der Waals surface area contributed by atoms with E-state index in [1.54, 1.807) is 7.05 Å². The second-order valence-electron chi connectivity index (χ2n) is 6.71. The normalized spacial score (nSPS) is 16.0. The predicted octanol–water partition coefficient (Wildman–Crippen LogP) is 5.74. The van der Waals surface area contributed by atoms with E-state index >= 15 is 0 Å². The Kier molecular flexibility index (Phi) is 5.32. The van der Waals surface area contributed by atoms with E-state index in [1.807, 2.05) is 30.3 Å². The van der Waals surface area contributed by atoms with Crippen molar-refractivity contribution in [2.75, 3.05) is 7.05 Å². The van der Waals surface area contributed by atoms with Crippen LogP contribution >= 0.6 is 35.6 Å². The smallest absolute Gasteiger partial charge is 0.265 e. The minimum Gasteiger partial charge on any atom is -0.342 e. The first-order valence-corrected chi connectivity index (χ1v) is 10.7. The molecule has 0 saturated carbocycles. The molecule has 1 aromatic heterocycles. The van der Waals surface area contributed by atoms with E-state index in [-0.39, 0.29) is 5.91 Å². The van der Waals surface area contributed by atoms with Crippen LogP contribution in [-0.4, -0.2) is 26.7 Å². The number of halogens is 1. The molecule has 4 rings (SSSR count). The molecule has 0 radical (unpaired) electrons. The highest BCUT2D eigenvalue weighted by molar-refractivity contribution is 8.26. The third kappa shape index (κ3) is 3.39. The minimum absolute atomic E-state index is 0.0475. The number of para-hydroxylation sites is 1. The highest BCUT2D eigenvalue weighted by atomic mass is 35.5. The maximum absolute atomic E-state index is 12.4. The van der Waals surface area contributed by atoms with Gasteiger partial charge in [-0.05, 0) is 29.7 Å². The number of hydrogen-bond acceptors (Lipinski definition) is 3. The Morgan fingerprint density at radius 2 is 1.89 bits per heavy atom. The van der Waals surface area contributed by atoms with Gasteiger partial charge in [0.25, 0.3) is 5.91 Å². The van der Waals surface area contributed by atoms with Gasteiger partial charge < -0.3 is 4.57 Å². The molecule has 2 aromatic carbocycles. The lowest BCUT2D eigenvalue weighted by molar-refractivity contribution is -0.121. The second-order valence-corrected chi connectivity index (χ2v) is 8.79. The first-order valence-electron chi connectivity index (χ1n) is 9.05. The van der Waals surface area contributed by atoms with Crippen molar-refractivity contribution in [1.82, 2.24) is 9.47 Å². The maximum Gasteiger partial charge on any atom is 0.265 e. The quantitative estimate of drug-likeness (QED) is 0.393. The van der Waals surface area contributed by atoms with Crippen LogP contribution in [0.5, 0.6) is 0 Å². The summed E-state index contributed by atoms with van der Waals surface area (Å²) in [5, 5.41) is 1.89. The van der Waals surface area contributed by atoms with Crippen LogP contribution < -0.4 is 0 Å². The number of nitrogens with zero attached hydrogens (tertiary/aromatic N) is 2. The average molecular weight is 427 g/mol. The molecule has 3 nitrogen and oxygen atoms in total. The Labute approximate surface area is 179 Å². The van der Waals surface area contributed by atoms with Crippen molar-refractivity contribution in [2.45, 2.75) is 19.9 Å². The van der Waals surface area contributed by atoms with Crippen LogP contribution in [-0.2, 0) is 17.8 Å². The zero-order valence-corrected chi connectivity index (χ0v) is 18.0. The largest absolute Gasteiger partial charge is 0.342 e. The van der Waals surface area contributed by atoms with Gasteiger partial charge in [0.15, 0.2) is 0 Å². The van der Waals surface area contributed by atoms with Gasteiger partial charge in [0.2, 0.25) is 0 Å². The second kappa shape index (κ2) is 7.74. The number of likely N-dealkylation sites (N-methyl/N-ethyl adjacent to an activating group) is 1. The SMILES string of the molecule is CCc1cccc2c(/C=C3\SC(=S)N(C)C3=O)cn(Cc3ccccc3Cl)c12. The van der Waals surface area contributed by atoms with Gasteiger partial charge in [0, 0.05) is 35.8 Å². The molecule has 3 aromatic rings. The molecule has 1 fully saturated rings. The zero-order valence-electron chi connectivity index (χ0n) is 15.6. The minimum atomic E-state index is -0.0475. The number of aromatic nitrogens is 1. The molecule has 1 amide bonds. The molecular formula is C22H19ClN2OS2. The van der Waals surface area contributed by atoms with E-state index < -0.39 is 0 Å². The van der Waals surface area contributed by atoms with E-state index in [0.29, 0.717) is 15.8 Å². The number of hydrogen-bond donors (Lipinski definition) is 0. The number of thioether (sulfide) groups is 1. The third-order valence-corrected chi connectivity index (χ3v) is 6.82. The fourth-order valence-electron chi connectivity index (χ4n) is 3.49. The van der Waals surface area contributed by atoms with Crippen molar-refractivity contribution >= 4 is 62.8 Å². The molecule has 1 aliphatic heterocycles. The molecule has 0 N–H and O–H groups in total. The van der Waals surface area contributed by atoms with Gasteiger partial charge in [-0.1, -0.05) is 78.9 Å². The Morgan fingerprint density at radius 3 is 2.57 bits per heavy atom. The van der Waals surface area contributed by atoms with Crippen molar-refractivity contribution in [3.63, 3.8) is 0 Å². The number of thiocarbonyl (C=S) groups is 1. The highest BCUT2D eigenvalue weighted by Crippen LogP contribution is 2.34. The van der Waals surface area contributed by atoms with E-state index in [9.17, 15) is 4.79 Å². The number of benzene rings is 2. The Hall–Kier alpha value is -2.08. The summed E-state index contributed by atoms with van der Waals surface area (Å²) >= 11 is 13.0. The number of fused-ring (bicyclic) bond motifs is 1. The van der Waals surface area contributed by atoms with Gasteiger partial charge in [-0.15, -0.1) is 0 Å². The lowest BCUT2D eigenvalue weighted by atomic mass is 10.1. The summed E-state index contributed by atoms with van der Waals surface area (Å²) in [5.74, 6) is -0.0475. The molecule has 1 aliphatic rings. The fraction of sp³-hybridized carbons (Fsp3) is 0.182. The predicted molar refractivity (Wildman–Crippen MR) is 123 cm³/mol. The van der Waals surface area contributed by atoms with Gasteiger partial charge in [-0.2, -0.15) is 0 Å². The summed E-state index contributed by atoms with van der Waals surface area (Å²) in [5.41, 5.74) is 4.54. The van der Waals surface area contributed by atoms with Crippen LogP contribution in [0, 0.1) is 0 Å². The number of aryl methyl sites for hydroxylation is 1. The van der Waals surface area contributed by atoms with Crippen LogP contribution in [0.1, 0.15) is 23.6 Å². The first kappa shape index (κ1) is 19.2. The van der Waals surface area contributed by atoms with E-state index in [0.717, 1.165) is 28.0 Å². The summed E-state index contributed by atoms with van der Waals surface area (Å²) in [4.78, 5) is 14.6. The standard InChI is InChI=1S/C22H19ClN2OS2/c1-3-14-8-6-9-17-16(11-19-21(26)24(2)22(27)28-19)13-25(20(14)17)12-15-7-4-5-10-18(15)23/h4-11,13H,3,12H2,1-2H3/b19-11-. The van der Waals surface area contributed by atoms with Crippen molar-refractivity contribution in [3.8, 4) is 0 Å². The average Bonchev–Trinajstić information content (AvgIpc) is 3.16. The number of carbonyl (C=O) groups is 1. The maximum atomic E-state index is 12.4. The molecule has 2 heterocycles. The molecular weight excluding hydrogens is 408 g/mol. The van der Waals surface area contributed by atoms with Crippen LogP contribution in [0.2, 0.25) is 5.02 Å². The molecule has 6 heteroatoms. The molecule has 28 heavy (non-hydrogen) atoms. The highest BCUT2D eigenvalue weighted by Gasteiger charge is 2.29. The summed E-state index contributed by atoms with van der Waals surface area (Å²) in [6.45, 7) is 2.83. The van der Waals surface area contributed by atoms with E-state index in [2.05, 4.69) is 35.9 Å². The Morgan fingerprint density at radius 1 is 1.14 bits per heavy atom. The van der Waals surface area contributed by atoms with Gasteiger partial charge in [-0.3, -0.25) is 9.69 Å². The topological polar surface area (TPSA) is 25.2 Å². The molecule has 0 unspecified atom stereocenters. The fourth-order valence-corrected chi connectivity index (χ4v) is 4.85. The number of amides is 1. The molecule has 0 aliphatic carbocycles. The van der Waals surface area contributed by atoms with E-state index in [1.165, 1.54) is 27.7 Å². The van der Waals surface area contributed by atoms with Crippen LogP contribution in [0.3, 0.4) is 0 Å². The summed E-state index contributed by atoms with van der Waals surface area (Å²) in [7, 11) is 1.72. The molecule has 0 spiro atoms. The van der Waals surface area contributed by atoms with Crippen molar-refractivity contribution in [3.05, 3.63) is 75.3 Å². The molecule has 1 saturated heterocycles. The van der Waals surface area contributed by atoms with Crippen LogP contribution in [0.4, 0.5) is 0 Å². The monoisotopic (exact) mass is 426 g/mol. The molecule has 0 atom stereocenters. The van der Waals surface area contributed by atoms with Crippen molar-refractivity contribution in [2.24, 2.45) is 0 Å². The van der Waals surface area contributed by atoms with Gasteiger partial charge >= 0.3 is 0 Å². The zero-order chi connectivity index (χ0) is 19.8. The van der Waals surface area contributed by atoms with Crippen molar-refractivity contribution in [1.29, 1.82) is 0 Å². The van der Waals surface area contributed by atoms with Gasteiger partial charge in [0.1, 0.15) is 4.32 Å². The van der Waals surface area contributed by atoms with Gasteiger partial charge in [0.05, 0.1) is 10.4 Å². The summed E-state index contributed by atoms with van der Waals surface area (Å²) in [6, 6.07) is 14.2. The first-order chi connectivity index (χ1) is 13.5. The van der Waals surface area contributed by atoms with Crippen LogP contribution in [0.25, 0.3) is 17.0 Å². The number of carbonyl (C=O) groups excluding carboxylic acids is 1. The molecule has 142 valence electrons. The lowest BCUT2D eigenvalue weighted by Gasteiger charge is -2.10. The van der Waals surface area contributed by atoms with E-state index in [4.69, 9.17) is 23.8 Å². The number of rotatable bonds is 4. The van der Waals surface area contributed by atoms with Crippen molar-refractivity contribution < 1.29 is 4.79 Å². The Balaban J connectivity index is 1.86. The summed E-state index contributed by atoms with van der Waals surface area (Å²) < 4.78 is 2.82.